The number of hydrogen-bond donors (Lipinski definition) is 1. The summed E-state index contributed by atoms with van der Waals surface area (Å²) in [5, 5.41) is 10.2. The number of rotatable bonds is 1. The highest BCUT2D eigenvalue weighted by molar-refractivity contribution is 5.39. The fraction of sp³-hybridized carbons (Fsp3) is 0.600. The van der Waals surface area contributed by atoms with Gasteiger partial charge in [0.15, 0.2) is 0 Å². The third-order valence-electron chi connectivity index (χ3n) is 4.44. The first kappa shape index (κ1) is 12.0. The van der Waals surface area contributed by atoms with E-state index in [-0.39, 0.29) is 11.4 Å². The molecule has 98 valence electrons. The zero-order valence-corrected chi connectivity index (χ0v) is 10.8. The Balaban J connectivity index is 1.84. The van der Waals surface area contributed by atoms with Crippen molar-refractivity contribution in [2.45, 2.75) is 44.8 Å². The molecular weight excluding hydrogens is 231 g/mol. The second-order valence-electron chi connectivity index (χ2n) is 6.10. The molecule has 0 bridgehead atoms. The lowest BCUT2D eigenvalue weighted by molar-refractivity contribution is -0.108. The molecule has 2 aliphatic rings. The van der Waals surface area contributed by atoms with Crippen LogP contribution in [0.2, 0.25) is 0 Å². The van der Waals surface area contributed by atoms with Gasteiger partial charge in [-0.3, -0.25) is 0 Å². The van der Waals surface area contributed by atoms with Crippen molar-refractivity contribution < 1.29 is 14.2 Å². The highest BCUT2D eigenvalue weighted by Crippen LogP contribution is 2.53. The molecule has 1 saturated carbocycles. The van der Waals surface area contributed by atoms with Gasteiger partial charge in [0.25, 0.3) is 0 Å². The van der Waals surface area contributed by atoms with Crippen LogP contribution >= 0.6 is 0 Å². The van der Waals surface area contributed by atoms with E-state index in [1.165, 1.54) is 12.1 Å². The van der Waals surface area contributed by atoms with Gasteiger partial charge in [-0.1, -0.05) is 13.8 Å². The zero-order valence-electron chi connectivity index (χ0n) is 10.8. The quantitative estimate of drug-likeness (QED) is 0.827. The minimum absolute atomic E-state index is 0.255. The molecule has 1 N–H and O–H groups in total. The number of halogens is 1. The lowest BCUT2D eigenvalue weighted by atomic mass is 9.63. The molecule has 1 aromatic carbocycles. The average molecular weight is 250 g/mol. The maximum atomic E-state index is 13.2. The molecule has 1 fully saturated rings. The molecule has 1 aliphatic carbocycles. The molecule has 18 heavy (non-hydrogen) atoms. The predicted molar refractivity (Wildman–Crippen MR) is 66.9 cm³/mol. The van der Waals surface area contributed by atoms with Gasteiger partial charge in [0.2, 0.25) is 0 Å². The number of aliphatic hydroxyl groups is 1. The summed E-state index contributed by atoms with van der Waals surface area (Å²) in [6.07, 6.45) is 2.05. The summed E-state index contributed by atoms with van der Waals surface area (Å²) >= 11 is 0. The maximum Gasteiger partial charge on any atom is 0.128 e. The van der Waals surface area contributed by atoms with Crippen LogP contribution in [-0.4, -0.2) is 10.7 Å². The number of fused-ring (bicyclic) bond motifs is 1. The van der Waals surface area contributed by atoms with Crippen LogP contribution in [-0.2, 0) is 0 Å². The Bertz CT molecular complexity index is 464. The largest absolute Gasteiger partial charge is 0.487 e. The SMILES string of the molecule is CC(C)C1CC2(C1)C[C@@H](O)c1ccc(F)cc1O2. The summed E-state index contributed by atoms with van der Waals surface area (Å²) in [6.45, 7) is 4.43. The van der Waals surface area contributed by atoms with E-state index in [9.17, 15) is 9.50 Å². The van der Waals surface area contributed by atoms with Gasteiger partial charge < -0.3 is 9.84 Å². The fourth-order valence-corrected chi connectivity index (χ4v) is 3.23. The number of ether oxygens (including phenoxy) is 1. The van der Waals surface area contributed by atoms with Crippen LogP contribution in [0.4, 0.5) is 4.39 Å². The van der Waals surface area contributed by atoms with Crippen molar-refractivity contribution in [2.75, 3.05) is 0 Å². The Labute approximate surface area is 107 Å². The topological polar surface area (TPSA) is 29.5 Å². The average Bonchev–Trinajstić information content (AvgIpc) is 2.24. The highest BCUT2D eigenvalue weighted by Gasteiger charge is 2.51. The van der Waals surface area contributed by atoms with Gasteiger partial charge in [-0.25, -0.2) is 4.39 Å². The highest BCUT2D eigenvalue weighted by atomic mass is 19.1. The van der Waals surface area contributed by atoms with Crippen LogP contribution < -0.4 is 4.74 Å². The van der Waals surface area contributed by atoms with Crippen LogP contribution in [0.5, 0.6) is 5.75 Å². The van der Waals surface area contributed by atoms with E-state index >= 15 is 0 Å². The first-order valence-corrected chi connectivity index (χ1v) is 6.66. The van der Waals surface area contributed by atoms with E-state index in [1.807, 2.05) is 0 Å². The van der Waals surface area contributed by atoms with Crippen molar-refractivity contribution in [1.82, 2.24) is 0 Å². The zero-order chi connectivity index (χ0) is 12.9. The first-order valence-electron chi connectivity index (χ1n) is 6.66. The van der Waals surface area contributed by atoms with Crippen LogP contribution in [0.25, 0.3) is 0 Å². The Hall–Kier alpha value is -1.09. The monoisotopic (exact) mass is 250 g/mol. The molecule has 1 heterocycles. The Morgan fingerprint density at radius 1 is 1.33 bits per heavy atom. The predicted octanol–water partition coefficient (Wildman–Crippen LogP) is 3.45. The minimum atomic E-state index is -0.525. The molecule has 2 nitrogen and oxygen atoms in total. The van der Waals surface area contributed by atoms with Crippen LogP contribution in [0.15, 0.2) is 18.2 Å². The molecule has 1 spiro atoms. The molecule has 1 aromatic rings. The summed E-state index contributed by atoms with van der Waals surface area (Å²) in [7, 11) is 0. The molecule has 0 unspecified atom stereocenters. The summed E-state index contributed by atoms with van der Waals surface area (Å²) in [5.41, 5.74) is 0.463. The lowest BCUT2D eigenvalue weighted by Gasteiger charge is -2.52. The second kappa shape index (κ2) is 3.95. The van der Waals surface area contributed by atoms with Crippen LogP contribution in [0, 0.1) is 17.7 Å². The van der Waals surface area contributed by atoms with Crippen molar-refractivity contribution >= 4 is 0 Å². The molecule has 1 aliphatic heterocycles. The van der Waals surface area contributed by atoms with E-state index in [4.69, 9.17) is 4.74 Å². The van der Waals surface area contributed by atoms with Crippen molar-refractivity contribution in [3.8, 4) is 5.75 Å². The Kier molecular flexibility index (Phi) is 2.63. The number of hydrogen-bond acceptors (Lipinski definition) is 2. The van der Waals surface area contributed by atoms with Crippen molar-refractivity contribution in [3.05, 3.63) is 29.6 Å². The Morgan fingerprint density at radius 3 is 2.72 bits per heavy atom. The van der Waals surface area contributed by atoms with Crippen molar-refractivity contribution in [2.24, 2.45) is 11.8 Å². The summed E-state index contributed by atoms with van der Waals surface area (Å²) < 4.78 is 19.2. The number of aliphatic hydroxyl groups excluding tert-OH is 1. The van der Waals surface area contributed by atoms with Crippen LogP contribution in [0.3, 0.4) is 0 Å². The smallest absolute Gasteiger partial charge is 0.128 e. The normalized spacial score (nSPS) is 34.1. The lowest BCUT2D eigenvalue weighted by Crippen LogP contribution is -2.53. The van der Waals surface area contributed by atoms with Gasteiger partial charge in [-0.2, -0.15) is 0 Å². The van der Waals surface area contributed by atoms with E-state index in [0.717, 1.165) is 18.4 Å². The van der Waals surface area contributed by atoms with E-state index in [1.54, 1.807) is 6.07 Å². The van der Waals surface area contributed by atoms with Crippen LogP contribution in [0.1, 0.15) is 44.8 Å². The molecule has 0 saturated heterocycles. The van der Waals surface area contributed by atoms with Crippen molar-refractivity contribution in [3.63, 3.8) is 0 Å². The molecule has 3 rings (SSSR count). The third kappa shape index (κ3) is 1.81. The van der Waals surface area contributed by atoms with Crippen molar-refractivity contribution in [1.29, 1.82) is 0 Å². The first-order chi connectivity index (χ1) is 8.49. The summed E-state index contributed by atoms with van der Waals surface area (Å²) in [5.74, 6) is 1.52. The van der Waals surface area contributed by atoms with Gasteiger partial charge in [0.1, 0.15) is 17.2 Å². The number of benzene rings is 1. The van der Waals surface area contributed by atoms with Gasteiger partial charge >= 0.3 is 0 Å². The molecule has 0 aromatic heterocycles. The molecule has 0 radical (unpaired) electrons. The molecular formula is C15H19FO2. The Morgan fingerprint density at radius 2 is 2.06 bits per heavy atom. The minimum Gasteiger partial charge on any atom is -0.487 e. The van der Waals surface area contributed by atoms with E-state index < -0.39 is 6.10 Å². The second-order valence-corrected chi connectivity index (χ2v) is 6.10. The molecule has 1 atom stereocenters. The van der Waals surface area contributed by atoms with Gasteiger partial charge in [0, 0.05) is 18.1 Å². The standard InChI is InChI=1S/C15H19FO2/c1-9(2)10-6-15(7-10)8-13(17)12-4-3-11(16)5-14(12)18-15/h3-5,9-10,13,17H,6-8H2,1-2H3/t10?,13-,15?/m1/s1. The fourth-order valence-electron chi connectivity index (χ4n) is 3.23. The molecule has 0 amide bonds. The van der Waals surface area contributed by atoms with E-state index in [0.29, 0.717) is 24.0 Å². The molecule has 3 heteroatoms. The third-order valence-corrected chi connectivity index (χ3v) is 4.44. The van der Waals surface area contributed by atoms with Gasteiger partial charge in [-0.15, -0.1) is 0 Å². The van der Waals surface area contributed by atoms with Gasteiger partial charge in [0.05, 0.1) is 6.10 Å². The van der Waals surface area contributed by atoms with Gasteiger partial charge in [-0.05, 0) is 36.8 Å². The maximum absolute atomic E-state index is 13.2. The summed E-state index contributed by atoms with van der Waals surface area (Å²) in [6, 6.07) is 4.39. The van der Waals surface area contributed by atoms with E-state index in [2.05, 4.69) is 13.8 Å². The summed E-state index contributed by atoms with van der Waals surface area (Å²) in [4.78, 5) is 0.